The zero-order valence-electron chi connectivity index (χ0n) is 16.1. The first kappa shape index (κ1) is 18.7. The Balaban J connectivity index is 1.51. The third kappa shape index (κ3) is 4.77. The SMILES string of the molecule is COc1cccc(CNCCN2CCc3ccccc3C2)c1OC(C)C. The summed E-state index contributed by atoms with van der Waals surface area (Å²) in [6.07, 6.45) is 1.27. The molecule has 0 atom stereocenters. The van der Waals surface area contributed by atoms with Crippen molar-refractivity contribution in [3.05, 3.63) is 59.2 Å². The number of ether oxygens (including phenoxy) is 2. The van der Waals surface area contributed by atoms with Crippen LogP contribution in [-0.4, -0.2) is 37.7 Å². The van der Waals surface area contributed by atoms with E-state index in [1.807, 2.05) is 26.0 Å². The Bertz CT molecular complexity index is 715. The van der Waals surface area contributed by atoms with Crippen molar-refractivity contribution in [2.75, 3.05) is 26.7 Å². The fraction of sp³-hybridized carbons (Fsp3) is 0.455. The van der Waals surface area contributed by atoms with Gasteiger partial charge in [0.25, 0.3) is 0 Å². The molecule has 1 heterocycles. The molecule has 0 saturated heterocycles. The molecule has 3 rings (SSSR count). The number of hydrogen-bond acceptors (Lipinski definition) is 4. The van der Waals surface area contributed by atoms with Gasteiger partial charge in [0.05, 0.1) is 13.2 Å². The molecular weight excluding hydrogens is 324 g/mol. The molecule has 140 valence electrons. The van der Waals surface area contributed by atoms with Gasteiger partial charge in [0.1, 0.15) is 0 Å². The first-order valence-electron chi connectivity index (χ1n) is 9.49. The molecule has 0 radical (unpaired) electrons. The van der Waals surface area contributed by atoms with Crippen molar-refractivity contribution in [2.45, 2.75) is 39.5 Å². The van der Waals surface area contributed by atoms with Crippen molar-refractivity contribution in [1.29, 1.82) is 0 Å². The zero-order chi connectivity index (χ0) is 18.4. The van der Waals surface area contributed by atoms with E-state index in [4.69, 9.17) is 9.47 Å². The maximum Gasteiger partial charge on any atom is 0.166 e. The molecule has 1 N–H and O–H groups in total. The molecule has 1 aliphatic heterocycles. The number of methoxy groups -OCH3 is 1. The lowest BCUT2D eigenvalue weighted by molar-refractivity contribution is 0.226. The number of benzene rings is 2. The molecule has 0 spiro atoms. The summed E-state index contributed by atoms with van der Waals surface area (Å²) in [4.78, 5) is 2.52. The van der Waals surface area contributed by atoms with Crippen LogP contribution in [0.15, 0.2) is 42.5 Å². The van der Waals surface area contributed by atoms with E-state index in [9.17, 15) is 0 Å². The monoisotopic (exact) mass is 354 g/mol. The van der Waals surface area contributed by atoms with Gasteiger partial charge in [-0.2, -0.15) is 0 Å². The van der Waals surface area contributed by atoms with Crippen molar-refractivity contribution < 1.29 is 9.47 Å². The van der Waals surface area contributed by atoms with Gasteiger partial charge in [-0.3, -0.25) is 4.90 Å². The molecule has 0 unspecified atom stereocenters. The second-order valence-corrected chi connectivity index (χ2v) is 7.09. The Morgan fingerprint density at radius 1 is 1.08 bits per heavy atom. The molecular formula is C22H30N2O2. The van der Waals surface area contributed by atoms with Gasteiger partial charge in [0, 0.05) is 38.3 Å². The summed E-state index contributed by atoms with van der Waals surface area (Å²) in [5.41, 5.74) is 4.12. The fourth-order valence-corrected chi connectivity index (χ4v) is 3.44. The summed E-state index contributed by atoms with van der Waals surface area (Å²) >= 11 is 0. The zero-order valence-corrected chi connectivity index (χ0v) is 16.1. The normalized spacial score (nSPS) is 14.3. The van der Waals surface area contributed by atoms with Crippen molar-refractivity contribution in [3.8, 4) is 11.5 Å². The lowest BCUT2D eigenvalue weighted by atomic mass is 10.00. The fourth-order valence-electron chi connectivity index (χ4n) is 3.44. The van der Waals surface area contributed by atoms with Crippen LogP contribution in [0.4, 0.5) is 0 Å². The molecule has 0 fully saturated rings. The Hall–Kier alpha value is -2.04. The first-order chi connectivity index (χ1) is 12.7. The third-order valence-electron chi connectivity index (χ3n) is 4.76. The number of rotatable bonds is 8. The first-order valence-corrected chi connectivity index (χ1v) is 9.49. The van der Waals surface area contributed by atoms with Crippen LogP contribution in [0.2, 0.25) is 0 Å². The molecule has 0 amide bonds. The summed E-state index contributed by atoms with van der Waals surface area (Å²) in [6, 6.07) is 14.9. The van der Waals surface area contributed by atoms with E-state index in [0.717, 1.165) is 56.2 Å². The summed E-state index contributed by atoms with van der Waals surface area (Å²) in [7, 11) is 1.69. The minimum absolute atomic E-state index is 0.124. The van der Waals surface area contributed by atoms with E-state index in [-0.39, 0.29) is 6.10 Å². The molecule has 4 nitrogen and oxygen atoms in total. The number of para-hydroxylation sites is 1. The maximum atomic E-state index is 5.98. The van der Waals surface area contributed by atoms with E-state index in [0.29, 0.717) is 0 Å². The van der Waals surface area contributed by atoms with Crippen LogP contribution in [0.3, 0.4) is 0 Å². The van der Waals surface area contributed by atoms with Crippen LogP contribution >= 0.6 is 0 Å². The molecule has 2 aromatic carbocycles. The van der Waals surface area contributed by atoms with Gasteiger partial charge < -0.3 is 14.8 Å². The standard InChI is InChI=1S/C22H30N2O2/c1-17(2)26-22-19(9-6-10-21(22)25-3)15-23-12-14-24-13-11-18-7-4-5-8-20(18)16-24/h4-10,17,23H,11-16H2,1-3H3. The molecule has 0 bridgehead atoms. The van der Waals surface area contributed by atoms with E-state index < -0.39 is 0 Å². The third-order valence-corrected chi connectivity index (χ3v) is 4.76. The van der Waals surface area contributed by atoms with Crippen LogP contribution in [0, 0.1) is 0 Å². The van der Waals surface area contributed by atoms with Gasteiger partial charge in [0.2, 0.25) is 0 Å². The topological polar surface area (TPSA) is 33.7 Å². The molecule has 1 aliphatic rings. The Morgan fingerprint density at radius 2 is 1.88 bits per heavy atom. The largest absolute Gasteiger partial charge is 0.493 e. The van der Waals surface area contributed by atoms with Gasteiger partial charge in [-0.15, -0.1) is 0 Å². The maximum absolute atomic E-state index is 5.98. The average molecular weight is 354 g/mol. The lowest BCUT2D eigenvalue weighted by Gasteiger charge is -2.28. The summed E-state index contributed by atoms with van der Waals surface area (Å²) < 4.78 is 11.4. The van der Waals surface area contributed by atoms with E-state index in [2.05, 4.69) is 40.5 Å². The van der Waals surface area contributed by atoms with Crippen LogP contribution in [0.5, 0.6) is 11.5 Å². The van der Waals surface area contributed by atoms with Crippen molar-refractivity contribution in [2.24, 2.45) is 0 Å². The van der Waals surface area contributed by atoms with Crippen LogP contribution in [-0.2, 0) is 19.5 Å². The quantitative estimate of drug-likeness (QED) is 0.734. The molecule has 0 saturated carbocycles. The van der Waals surface area contributed by atoms with Gasteiger partial charge >= 0.3 is 0 Å². The molecule has 0 aliphatic carbocycles. The number of hydrogen-bond donors (Lipinski definition) is 1. The number of fused-ring (bicyclic) bond motifs is 1. The Kier molecular flexibility index (Phi) is 6.53. The van der Waals surface area contributed by atoms with Gasteiger partial charge in [0.15, 0.2) is 11.5 Å². The van der Waals surface area contributed by atoms with Crippen LogP contribution in [0.1, 0.15) is 30.5 Å². The molecule has 2 aromatic rings. The summed E-state index contributed by atoms with van der Waals surface area (Å²) in [5.74, 6) is 1.65. The molecule has 0 aromatic heterocycles. The van der Waals surface area contributed by atoms with Gasteiger partial charge in [-0.05, 0) is 37.5 Å². The minimum Gasteiger partial charge on any atom is -0.493 e. The average Bonchev–Trinajstić information content (AvgIpc) is 2.65. The van der Waals surface area contributed by atoms with Gasteiger partial charge in [-0.25, -0.2) is 0 Å². The van der Waals surface area contributed by atoms with Crippen LogP contribution < -0.4 is 14.8 Å². The number of nitrogens with one attached hydrogen (secondary N) is 1. The van der Waals surface area contributed by atoms with Crippen LogP contribution in [0.25, 0.3) is 0 Å². The highest BCUT2D eigenvalue weighted by atomic mass is 16.5. The molecule has 4 heteroatoms. The highest BCUT2D eigenvalue weighted by molar-refractivity contribution is 5.46. The summed E-state index contributed by atoms with van der Waals surface area (Å²) in [6.45, 7) is 9.07. The lowest BCUT2D eigenvalue weighted by Crippen LogP contribution is -2.36. The second kappa shape index (κ2) is 9.06. The predicted octanol–water partition coefficient (Wildman–Crippen LogP) is 3.63. The van der Waals surface area contributed by atoms with Crippen molar-refractivity contribution >= 4 is 0 Å². The minimum atomic E-state index is 0.124. The summed E-state index contributed by atoms with van der Waals surface area (Å²) in [5, 5.41) is 3.56. The molecule has 26 heavy (non-hydrogen) atoms. The Morgan fingerprint density at radius 3 is 2.65 bits per heavy atom. The van der Waals surface area contributed by atoms with Crippen molar-refractivity contribution in [1.82, 2.24) is 10.2 Å². The van der Waals surface area contributed by atoms with Gasteiger partial charge in [-0.1, -0.05) is 36.4 Å². The van der Waals surface area contributed by atoms with E-state index in [1.165, 1.54) is 11.1 Å². The second-order valence-electron chi connectivity index (χ2n) is 7.09. The van der Waals surface area contributed by atoms with Crippen molar-refractivity contribution in [3.63, 3.8) is 0 Å². The smallest absolute Gasteiger partial charge is 0.166 e. The number of nitrogens with zero attached hydrogens (tertiary/aromatic N) is 1. The van der Waals surface area contributed by atoms with E-state index >= 15 is 0 Å². The Labute approximate surface area is 157 Å². The predicted molar refractivity (Wildman–Crippen MR) is 106 cm³/mol. The highest BCUT2D eigenvalue weighted by Gasteiger charge is 2.15. The highest BCUT2D eigenvalue weighted by Crippen LogP contribution is 2.31. The van der Waals surface area contributed by atoms with E-state index in [1.54, 1.807) is 7.11 Å².